The first-order chi connectivity index (χ1) is 18.9. The number of nitrogens with one attached hydrogen (secondary N) is 1. The second kappa shape index (κ2) is 11.4. The predicted molar refractivity (Wildman–Crippen MR) is 144 cm³/mol. The number of halogens is 1. The van der Waals surface area contributed by atoms with Crippen molar-refractivity contribution in [1.29, 1.82) is 0 Å². The summed E-state index contributed by atoms with van der Waals surface area (Å²) in [6.07, 6.45) is 2.39. The maximum Gasteiger partial charge on any atom is 0.256 e. The van der Waals surface area contributed by atoms with Crippen molar-refractivity contribution in [3.05, 3.63) is 94.8 Å². The number of benzene rings is 2. The summed E-state index contributed by atoms with van der Waals surface area (Å²) in [5, 5.41) is 3.39. The summed E-state index contributed by atoms with van der Waals surface area (Å²) >= 11 is 6.08. The molecule has 1 spiro atoms. The molecule has 0 radical (unpaired) electrons. The summed E-state index contributed by atoms with van der Waals surface area (Å²) in [6, 6.07) is 18.2. The molecule has 3 amide bonds. The van der Waals surface area contributed by atoms with Gasteiger partial charge >= 0.3 is 0 Å². The van der Waals surface area contributed by atoms with Gasteiger partial charge in [0.05, 0.1) is 26.0 Å². The summed E-state index contributed by atoms with van der Waals surface area (Å²) in [5.74, 6) is -0.154. The van der Waals surface area contributed by atoms with Crippen LogP contribution in [0.25, 0.3) is 0 Å². The second-order valence-corrected chi connectivity index (χ2v) is 9.95. The smallest absolute Gasteiger partial charge is 0.256 e. The van der Waals surface area contributed by atoms with Crippen molar-refractivity contribution in [3.63, 3.8) is 0 Å². The highest BCUT2D eigenvalue weighted by Crippen LogP contribution is 2.39. The molecule has 1 atom stereocenters. The van der Waals surface area contributed by atoms with E-state index in [0.29, 0.717) is 53.5 Å². The van der Waals surface area contributed by atoms with Gasteiger partial charge in [0.15, 0.2) is 0 Å². The van der Waals surface area contributed by atoms with E-state index >= 15 is 0 Å². The number of aromatic nitrogens is 1. The molecule has 2 saturated heterocycles. The second-order valence-electron chi connectivity index (χ2n) is 9.52. The molecule has 2 aliphatic rings. The third-order valence-corrected chi connectivity index (χ3v) is 7.43. The average molecular weight is 549 g/mol. The number of carbonyl (C=O) groups is 3. The van der Waals surface area contributed by atoms with Gasteiger partial charge in [-0.05, 0) is 54.6 Å². The van der Waals surface area contributed by atoms with Crippen molar-refractivity contribution < 1.29 is 23.9 Å². The number of hydrogen-bond donors (Lipinski definition) is 1. The molecular formula is C29H29ClN4O5. The molecule has 0 bridgehead atoms. The maximum atomic E-state index is 13.9. The standard InChI is InChI=1S/C29H29ClN4O5/c1-38-24-10-8-20(9-11-24)28(37)34-25(26(35)32-18-23-7-2-3-14-31-23)19-39-29(34)12-15-33(16-13-29)27(36)21-5-4-6-22(30)17-21/h2-11,14,17,25H,12-13,15-16,18-19H2,1H3,(H,32,35)/t25-/m0/s1. The molecular weight excluding hydrogens is 520 g/mol. The van der Waals surface area contributed by atoms with Crippen LogP contribution >= 0.6 is 11.6 Å². The van der Waals surface area contributed by atoms with Gasteiger partial charge in [-0.2, -0.15) is 0 Å². The Morgan fingerprint density at radius 2 is 1.79 bits per heavy atom. The molecule has 2 aliphatic heterocycles. The number of likely N-dealkylation sites (tertiary alicyclic amines) is 1. The van der Waals surface area contributed by atoms with E-state index in [4.69, 9.17) is 21.1 Å². The van der Waals surface area contributed by atoms with Crippen LogP contribution in [0.15, 0.2) is 72.9 Å². The van der Waals surface area contributed by atoms with Gasteiger partial charge in [-0.3, -0.25) is 24.3 Å². The third kappa shape index (κ3) is 5.60. The molecule has 9 nitrogen and oxygen atoms in total. The minimum absolute atomic E-state index is 0.0538. The van der Waals surface area contributed by atoms with Crippen molar-refractivity contribution in [1.82, 2.24) is 20.1 Å². The average Bonchev–Trinajstić information content (AvgIpc) is 3.34. The van der Waals surface area contributed by atoms with Gasteiger partial charge in [0.25, 0.3) is 11.8 Å². The molecule has 202 valence electrons. The number of amides is 3. The summed E-state index contributed by atoms with van der Waals surface area (Å²) < 4.78 is 11.5. The first kappa shape index (κ1) is 26.6. The monoisotopic (exact) mass is 548 g/mol. The van der Waals surface area contributed by atoms with Gasteiger partial charge in [0, 0.05) is 48.3 Å². The lowest BCUT2D eigenvalue weighted by atomic mass is 9.96. The van der Waals surface area contributed by atoms with Crippen molar-refractivity contribution in [2.45, 2.75) is 31.2 Å². The zero-order valence-corrected chi connectivity index (χ0v) is 22.3. The number of pyridine rings is 1. The van der Waals surface area contributed by atoms with Crippen molar-refractivity contribution >= 4 is 29.3 Å². The van der Waals surface area contributed by atoms with E-state index in [1.807, 2.05) is 12.1 Å². The van der Waals surface area contributed by atoms with Gasteiger partial charge in [0.1, 0.15) is 17.5 Å². The van der Waals surface area contributed by atoms with Gasteiger partial charge in [-0.1, -0.05) is 23.7 Å². The number of hydrogen-bond acceptors (Lipinski definition) is 6. The Labute approximate surface area is 231 Å². The Morgan fingerprint density at radius 3 is 2.46 bits per heavy atom. The Balaban J connectivity index is 1.36. The maximum absolute atomic E-state index is 13.9. The molecule has 0 saturated carbocycles. The lowest BCUT2D eigenvalue weighted by Gasteiger charge is -2.44. The van der Waals surface area contributed by atoms with E-state index in [0.717, 1.165) is 0 Å². The highest BCUT2D eigenvalue weighted by molar-refractivity contribution is 6.30. The minimum Gasteiger partial charge on any atom is -0.497 e. The molecule has 0 unspecified atom stereocenters. The largest absolute Gasteiger partial charge is 0.497 e. The summed E-state index contributed by atoms with van der Waals surface area (Å²) in [7, 11) is 1.56. The van der Waals surface area contributed by atoms with Crippen LogP contribution in [0.1, 0.15) is 39.3 Å². The van der Waals surface area contributed by atoms with E-state index in [9.17, 15) is 14.4 Å². The van der Waals surface area contributed by atoms with Crippen molar-refractivity contribution in [3.8, 4) is 5.75 Å². The zero-order chi connectivity index (χ0) is 27.4. The number of piperidine rings is 1. The van der Waals surface area contributed by atoms with E-state index in [2.05, 4.69) is 10.3 Å². The fraction of sp³-hybridized carbons (Fsp3) is 0.310. The molecule has 2 fully saturated rings. The van der Waals surface area contributed by atoms with Crippen LogP contribution in [0, 0.1) is 0 Å². The molecule has 5 rings (SSSR count). The third-order valence-electron chi connectivity index (χ3n) is 7.19. The van der Waals surface area contributed by atoms with Gasteiger partial charge in [-0.15, -0.1) is 0 Å². The molecule has 39 heavy (non-hydrogen) atoms. The quantitative estimate of drug-likeness (QED) is 0.506. The summed E-state index contributed by atoms with van der Waals surface area (Å²) in [6.45, 7) is 1.01. The normalized spacial score (nSPS) is 18.2. The summed E-state index contributed by atoms with van der Waals surface area (Å²) in [5.41, 5.74) is 0.611. The highest BCUT2D eigenvalue weighted by Gasteiger charge is 2.54. The molecule has 1 aromatic heterocycles. The lowest BCUT2D eigenvalue weighted by molar-refractivity contribution is -0.128. The fourth-order valence-corrected chi connectivity index (χ4v) is 5.29. The van der Waals surface area contributed by atoms with Crippen LogP contribution in [0.5, 0.6) is 5.75 Å². The van der Waals surface area contributed by atoms with Crippen LogP contribution < -0.4 is 10.1 Å². The van der Waals surface area contributed by atoms with Gasteiger partial charge in [-0.25, -0.2) is 0 Å². The van der Waals surface area contributed by atoms with Crippen LogP contribution in [0.4, 0.5) is 0 Å². The topological polar surface area (TPSA) is 101 Å². The Morgan fingerprint density at radius 1 is 1.03 bits per heavy atom. The van der Waals surface area contributed by atoms with Gasteiger partial charge in [0.2, 0.25) is 5.91 Å². The van der Waals surface area contributed by atoms with Crippen LogP contribution in [0.2, 0.25) is 5.02 Å². The van der Waals surface area contributed by atoms with Gasteiger partial charge < -0.3 is 19.7 Å². The summed E-state index contributed by atoms with van der Waals surface area (Å²) in [4.78, 5) is 47.9. The Hall–Kier alpha value is -3.95. The molecule has 1 N–H and O–H groups in total. The first-order valence-corrected chi connectivity index (χ1v) is 13.1. The Bertz CT molecular complexity index is 1340. The molecule has 2 aromatic carbocycles. The highest BCUT2D eigenvalue weighted by atomic mass is 35.5. The van der Waals surface area contributed by atoms with E-state index in [-0.39, 0.29) is 30.9 Å². The molecule has 3 aromatic rings. The van der Waals surface area contributed by atoms with Crippen molar-refractivity contribution in [2.75, 3.05) is 26.8 Å². The Kier molecular flexibility index (Phi) is 7.81. The van der Waals surface area contributed by atoms with Crippen molar-refractivity contribution in [2.24, 2.45) is 0 Å². The first-order valence-electron chi connectivity index (χ1n) is 12.7. The lowest BCUT2D eigenvalue weighted by Crippen LogP contribution is -2.59. The van der Waals surface area contributed by atoms with Crippen LogP contribution in [-0.4, -0.2) is 71.1 Å². The SMILES string of the molecule is COc1ccc(C(=O)N2[C@H](C(=O)NCc3ccccn3)COC23CCN(C(=O)c2cccc(Cl)c2)CC3)cc1. The van der Waals surface area contributed by atoms with E-state index in [1.54, 1.807) is 77.7 Å². The van der Waals surface area contributed by atoms with Crippen LogP contribution in [0.3, 0.4) is 0 Å². The number of methoxy groups -OCH3 is 1. The number of carbonyl (C=O) groups excluding carboxylic acids is 3. The fourth-order valence-electron chi connectivity index (χ4n) is 5.10. The van der Waals surface area contributed by atoms with Crippen LogP contribution in [-0.2, 0) is 16.1 Å². The molecule has 10 heteroatoms. The number of nitrogens with zero attached hydrogens (tertiary/aromatic N) is 3. The molecule has 3 heterocycles. The number of rotatable bonds is 6. The minimum atomic E-state index is -1.02. The zero-order valence-electron chi connectivity index (χ0n) is 21.5. The predicted octanol–water partition coefficient (Wildman–Crippen LogP) is 3.53. The van der Waals surface area contributed by atoms with E-state index in [1.165, 1.54) is 0 Å². The van der Waals surface area contributed by atoms with E-state index < -0.39 is 11.8 Å². The number of ether oxygens (including phenoxy) is 2. The molecule has 0 aliphatic carbocycles.